The molecular formula is C15H19NO5. The van der Waals surface area contributed by atoms with Gasteiger partial charge in [0.25, 0.3) is 5.91 Å². The standard InChI is InChI=1S/C15H19NO5/c1-20-12-6-5-10(8-13(12)21-2)14(17)16-7-3-4-11(9-16)15(18)19/h5-6,8,11H,3-4,7,9H2,1-2H3,(H,18,19)/t11-/m1/s1. The van der Waals surface area contributed by atoms with Crippen molar-refractivity contribution >= 4 is 11.9 Å². The van der Waals surface area contributed by atoms with E-state index in [9.17, 15) is 9.59 Å². The Morgan fingerprint density at radius 2 is 1.95 bits per heavy atom. The predicted molar refractivity (Wildman–Crippen MR) is 75.8 cm³/mol. The predicted octanol–water partition coefficient (Wildman–Crippen LogP) is 1.64. The number of hydrogen-bond donors (Lipinski definition) is 1. The highest BCUT2D eigenvalue weighted by molar-refractivity contribution is 5.95. The van der Waals surface area contributed by atoms with Crippen LogP contribution in [0.4, 0.5) is 0 Å². The maximum Gasteiger partial charge on any atom is 0.308 e. The maximum atomic E-state index is 12.5. The van der Waals surface area contributed by atoms with E-state index in [1.165, 1.54) is 14.2 Å². The summed E-state index contributed by atoms with van der Waals surface area (Å²) in [6.07, 6.45) is 1.32. The van der Waals surface area contributed by atoms with Crippen molar-refractivity contribution in [3.8, 4) is 11.5 Å². The van der Waals surface area contributed by atoms with Crippen LogP contribution < -0.4 is 9.47 Å². The van der Waals surface area contributed by atoms with Gasteiger partial charge in [-0.3, -0.25) is 9.59 Å². The van der Waals surface area contributed by atoms with Crippen molar-refractivity contribution in [2.24, 2.45) is 5.92 Å². The second-order valence-corrected chi connectivity index (χ2v) is 5.00. The van der Waals surface area contributed by atoms with E-state index >= 15 is 0 Å². The van der Waals surface area contributed by atoms with Gasteiger partial charge in [-0.15, -0.1) is 0 Å². The van der Waals surface area contributed by atoms with Gasteiger partial charge in [0, 0.05) is 18.7 Å². The first-order chi connectivity index (χ1) is 10.1. The van der Waals surface area contributed by atoms with Crippen LogP contribution in [0, 0.1) is 5.92 Å². The van der Waals surface area contributed by atoms with Crippen molar-refractivity contribution < 1.29 is 24.2 Å². The number of carbonyl (C=O) groups excluding carboxylic acids is 1. The molecule has 1 aromatic rings. The molecule has 1 amide bonds. The quantitative estimate of drug-likeness (QED) is 0.913. The van der Waals surface area contributed by atoms with Crippen molar-refractivity contribution in [3.05, 3.63) is 23.8 Å². The molecule has 1 saturated heterocycles. The summed E-state index contributed by atoms with van der Waals surface area (Å²) in [7, 11) is 3.04. The lowest BCUT2D eigenvalue weighted by Crippen LogP contribution is -2.42. The zero-order chi connectivity index (χ0) is 15.4. The van der Waals surface area contributed by atoms with Gasteiger partial charge in [-0.1, -0.05) is 0 Å². The molecule has 114 valence electrons. The monoisotopic (exact) mass is 293 g/mol. The Labute approximate surface area is 123 Å². The summed E-state index contributed by atoms with van der Waals surface area (Å²) in [6.45, 7) is 0.833. The van der Waals surface area contributed by atoms with Crippen LogP contribution in [-0.4, -0.2) is 49.2 Å². The Kier molecular flexibility index (Phi) is 4.67. The number of amides is 1. The van der Waals surface area contributed by atoms with E-state index in [0.29, 0.717) is 36.4 Å². The Hall–Kier alpha value is -2.24. The number of nitrogens with zero attached hydrogens (tertiary/aromatic N) is 1. The van der Waals surface area contributed by atoms with Crippen molar-refractivity contribution in [2.75, 3.05) is 27.3 Å². The van der Waals surface area contributed by atoms with Crippen LogP contribution in [0.15, 0.2) is 18.2 Å². The second kappa shape index (κ2) is 6.47. The van der Waals surface area contributed by atoms with Crippen molar-refractivity contribution in [3.63, 3.8) is 0 Å². The first-order valence-corrected chi connectivity index (χ1v) is 6.81. The Morgan fingerprint density at radius 1 is 1.24 bits per heavy atom. The zero-order valence-corrected chi connectivity index (χ0v) is 12.2. The van der Waals surface area contributed by atoms with Crippen LogP contribution in [-0.2, 0) is 4.79 Å². The van der Waals surface area contributed by atoms with Crippen LogP contribution in [0.5, 0.6) is 11.5 Å². The Balaban J connectivity index is 2.17. The molecule has 1 fully saturated rings. The number of likely N-dealkylation sites (tertiary alicyclic amines) is 1. The molecule has 0 aromatic heterocycles. The molecule has 6 heteroatoms. The van der Waals surface area contributed by atoms with Crippen molar-refractivity contribution in [1.82, 2.24) is 4.90 Å². The number of benzene rings is 1. The third kappa shape index (κ3) is 3.26. The number of carbonyl (C=O) groups is 2. The van der Waals surface area contributed by atoms with Gasteiger partial charge in [0.05, 0.1) is 20.1 Å². The number of hydrogen-bond acceptors (Lipinski definition) is 4. The minimum atomic E-state index is -0.847. The number of carboxylic acid groups (broad SMARTS) is 1. The molecular weight excluding hydrogens is 274 g/mol. The third-order valence-corrected chi connectivity index (χ3v) is 3.69. The highest BCUT2D eigenvalue weighted by atomic mass is 16.5. The SMILES string of the molecule is COc1ccc(C(=O)N2CCC[C@@H](C(=O)O)C2)cc1OC. The normalized spacial score (nSPS) is 18.2. The Bertz CT molecular complexity index is 543. The lowest BCUT2D eigenvalue weighted by Gasteiger charge is -2.30. The molecule has 1 aliphatic rings. The first kappa shape index (κ1) is 15.2. The van der Waals surface area contributed by atoms with E-state index in [2.05, 4.69) is 0 Å². The zero-order valence-electron chi connectivity index (χ0n) is 12.2. The summed E-state index contributed by atoms with van der Waals surface area (Å²) in [6, 6.07) is 4.95. The summed E-state index contributed by atoms with van der Waals surface area (Å²) in [5, 5.41) is 9.08. The highest BCUT2D eigenvalue weighted by Crippen LogP contribution is 2.28. The second-order valence-electron chi connectivity index (χ2n) is 5.00. The molecule has 0 aliphatic carbocycles. The maximum absolute atomic E-state index is 12.5. The van der Waals surface area contributed by atoms with Gasteiger partial charge < -0.3 is 19.5 Å². The minimum Gasteiger partial charge on any atom is -0.493 e. The fraction of sp³-hybridized carbons (Fsp3) is 0.467. The molecule has 2 rings (SSSR count). The van der Waals surface area contributed by atoms with Gasteiger partial charge in [0.15, 0.2) is 11.5 Å². The molecule has 1 atom stereocenters. The molecule has 0 unspecified atom stereocenters. The van der Waals surface area contributed by atoms with E-state index in [-0.39, 0.29) is 12.5 Å². The average molecular weight is 293 g/mol. The Morgan fingerprint density at radius 3 is 2.57 bits per heavy atom. The summed E-state index contributed by atoms with van der Waals surface area (Å²) < 4.78 is 10.3. The summed E-state index contributed by atoms with van der Waals surface area (Å²) in [5.41, 5.74) is 0.471. The summed E-state index contributed by atoms with van der Waals surface area (Å²) >= 11 is 0. The number of aliphatic carboxylic acids is 1. The fourth-order valence-electron chi connectivity index (χ4n) is 2.52. The van der Waals surface area contributed by atoms with Gasteiger partial charge in [0.2, 0.25) is 0 Å². The van der Waals surface area contributed by atoms with E-state index in [4.69, 9.17) is 14.6 Å². The lowest BCUT2D eigenvalue weighted by molar-refractivity contribution is -0.143. The van der Waals surface area contributed by atoms with Crippen LogP contribution in [0.25, 0.3) is 0 Å². The van der Waals surface area contributed by atoms with Gasteiger partial charge in [-0.2, -0.15) is 0 Å². The number of rotatable bonds is 4. The third-order valence-electron chi connectivity index (χ3n) is 3.69. The molecule has 0 spiro atoms. The van der Waals surface area contributed by atoms with Gasteiger partial charge in [-0.25, -0.2) is 0 Å². The molecule has 1 aliphatic heterocycles. The number of carboxylic acids is 1. The molecule has 1 aromatic carbocycles. The largest absolute Gasteiger partial charge is 0.493 e. The van der Waals surface area contributed by atoms with Gasteiger partial charge in [0.1, 0.15) is 0 Å². The number of methoxy groups -OCH3 is 2. The van der Waals surface area contributed by atoms with Crippen LogP contribution in [0.2, 0.25) is 0 Å². The molecule has 1 heterocycles. The van der Waals surface area contributed by atoms with E-state index in [1.54, 1.807) is 23.1 Å². The van der Waals surface area contributed by atoms with Crippen LogP contribution >= 0.6 is 0 Å². The number of piperidine rings is 1. The molecule has 21 heavy (non-hydrogen) atoms. The topological polar surface area (TPSA) is 76.1 Å². The summed E-state index contributed by atoms with van der Waals surface area (Å²) in [5.74, 6) is -0.476. The van der Waals surface area contributed by atoms with Crippen molar-refractivity contribution in [1.29, 1.82) is 0 Å². The van der Waals surface area contributed by atoms with E-state index < -0.39 is 11.9 Å². The fourth-order valence-corrected chi connectivity index (χ4v) is 2.52. The van der Waals surface area contributed by atoms with Gasteiger partial charge in [-0.05, 0) is 31.0 Å². The molecule has 0 bridgehead atoms. The first-order valence-electron chi connectivity index (χ1n) is 6.81. The van der Waals surface area contributed by atoms with Crippen molar-refractivity contribution in [2.45, 2.75) is 12.8 Å². The average Bonchev–Trinajstić information content (AvgIpc) is 2.53. The molecule has 0 radical (unpaired) electrons. The number of ether oxygens (including phenoxy) is 2. The van der Waals surface area contributed by atoms with E-state index in [0.717, 1.165) is 0 Å². The van der Waals surface area contributed by atoms with E-state index in [1.807, 2.05) is 0 Å². The molecule has 1 N–H and O–H groups in total. The van der Waals surface area contributed by atoms with Crippen LogP contribution in [0.1, 0.15) is 23.2 Å². The lowest BCUT2D eigenvalue weighted by atomic mass is 9.97. The van der Waals surface area contributed by atoms with Gasteiger partial charge >= 0.3 is 5.97 Å². The smallest absolute Gasteiger partial charge is 0.308 e. The minimum absolute atomic E-state index is 0.179. The highest BCUT2D eigenvalue weighted by Gasteiger charge is 2.28. The molecule has 0 saturated carbocycles. The summed E-state index contributed by atoms with van der Waals surface area (Å²) in [4.78, 5) is 25.1. The molecule has 6 nitrogen and oxygen atoms in total. The van der Waals surface area contributed by atoms with Crippen LogP contribution in [0.3, 0.4) is 0 Å².